The lowest BCUT2D eigenvalue weighted by Gasteiger charge is -2.33. The number of hydrogen-bond acceptors (Lipinski definition) is 4. The topological polar surface area (TPSA) is 45.7 Å². The molecule has 0 spiro atoms. The van der Waals surface area contributed by atoms with Crippen LogP contribution in [0.25, 0.3) is 0 Å². The van der Waals surface area contributed by atoms with Crippen LogP contribution in [0, 0.1) is 0 Å². The number of carbonyl (C=O) groups excluding carboxylic acids is 1. The highest BCUT2D eigenvalue weighted by molar-refractivity contribution is 5.93. The number of likely N-dealkylation sites (tertiary alicyclic amines) is 1. The Balaban J connectivity index is 1.85. The Morgan fingerprint density at radius 3 is 2.91 bits per heavy atom. The van der Waals surface area contributed by atoms with Crippen LogP contribution in [-0.4, -0.2) is 60.5 Å². The Morgan fingerprint density at radius 2 is 2.27 bits per heavy atom. The van der Waals surface area contributed by atoms with Gasteiger partial charge in [0.05, 0.1) is 12.2 Å². The van der Waals surface area contributed by atoms with Gasteiger partial charge in [0.1, 0.15) is 0 Å². The molecule has 0 aromatic carbocycles. The van der Waals surface area contributed by atoms with E-state index in [-0.39, 0.29) is 5.91 Å². The van der Waals surface area contributed by atoms with Gasteiger partial charge in [-0.15, -0.1) is 0 Å². The van der Waals surface area contributed by atoms with E-state index in [1.54, 1.807) is 23.2 Å². The number of nitrogens with zero attached hydrogens (tertiary/aromatic N) is 3. The van der Waals surface area contributed by atoms with Gasteiger partial charge < -0.3 is 14.5 Å². The van der Waals surface area contributed by atoms with Gasteiger partial charge in [-0.2, -0.15) is 0 Å². The molecular weight excluding hydrogens is 278 g/mol. The molecule has 1 amide bonds. The van der Waals surface area contributed by atoms with Crippen LogP contribution >= 0.6 is 0 Å². The molecule has 1 fully saturated rings. The van der Waals surface area contributed by atoms with Gasteiger partial charge in [0.2, 0.25) is 5.88 Å². The van der Waals surface area contributed by atoms with Crippen LogP contribution in [-0.2, 0) is 0 Å². The lowest BCUT2D eigenvalue weighted by atomic mass is 10.00. The molecule has 1 unspecified atom stereocenters. The van der Waals surface area contributed by atoms with Gasteiger partial charge in [-0.1, -0.05) is 6.42 Å². The summed E-state index contributed by atoms with van der Waals surface area (Å²) in [5.41, 5.74) is 0.614. The zero-order valence-electron chi connectivity index (χ0n) is 13.9. The second kappa shape index (κ2) is 8.13. The van der Waals surface area contributed by atoms with E-state index >= 15 is 0 Å². The molecule has 1 saturated heterocycles. The number of rotatable bonds is 6. The third-order valence-corrected chi connectivity index (χ3v) is 4.34. The summed E-state index contributed by atoms with van der Waals surface area (Å²) in [6.07, 6.45) is 6.46. The van der Waals surface area contributed by atoms with Gasteiger partial charge in [-0.05, 0) is 45.8 Å². The molecule has 22 heavy (non-hydrogen) atoms. The Hall–Kier alpha value is -1.62. The van der Waals surface area contributed by atoms with Crippen LogP contribution < -0.4 is 4.74 Å². The molecule has 1 aromatic heterocycles. The second-order valence-electron chi connectivity index (χ2n) is 5.96. The lowest BCUT2D eigenvalue weighted by molar-refractivity contribution is 0.0770. The summed E-state index contributed by atoms with van der Waals surface area (Å²) in [6, 6.07) is 4.13. The van der Waals surface area contributed by atoms with Gasteiger partial charge in [-0.25, -0.2) is 4.98 Å². The molecule has 5 nitrogen and oxygen atoms in total. The molecule has 0 bridgehead atoms. The van der Waals surface area contributed by atoms with Crippen molar-refractivity contribution in [3.63, 3.8) is 0 Å². The molecule has 1 aliphatic rings. The monoisotopic (exact) mass is 305 g/mol. The zero-order valence-corrected chi connectivity index (χ0v) is 13.9. The molecule has 1 aliphatic heterocycles. The maximum Gasteiger partial charge on any atom is 0.255 e. The highest BCUT2D eigenvalue weighted by atomic mass is 16.5. The molecule has 0 aliphatic carbocycles. The summed E-state index contributed by atoms with van der Waals surface area (Å²) in [4.78, 5) is 20.8. The van der Waals surface area contributed by atoms with Crippen molar-refractivity contribution in [3.8, 4) is 5.88 Å². The minimum Gasteiger partial charge on any atom is -0.478 e. The Kier molecular flexibility index (Phi) is 6.19. The van der Waals surface area contributed by atoms with E-state index in [1.165, 1.54) is 25.8 Å². The van der Waals surface area contributed by atoms with Crippen molar-refractivity contribution >= 4 is 5.91 Å². The van der Waals surface area contributed by atoms with E-state index < -0.39 is 0 Å². The minimum atomic E-state index is 0.0222. The number of pyridine rings is 1. The number of ether oxygens (including phenoxy) is 1. The van der Waals surface area contributed by atoms with Crippen molar-refractivity contribution in [3.05, 3.63) is 23.9 Å². The van der Waals surface area contributed by atoms with Crippen molar-refractivity contribution in [1.29, 1.82) is 0 Å². The summed E-state index contributed by atoms with van der Waals surface area (Å²) >= 11 is 0. The summed E-state index contributed by atoms with van der Waals surface area (Å²) in [6.45, 7) is 4.44. The van der Waals surface area contributed by atoms with Crippen LogP contribution in [0.4, 0.5) is 0 Å². The largest absolute Gasteiger partial charge is 0.478 e. The highest BCUT2D eigenvalue weighted by Crippen LogP contribution is 2.18. The zero-order chi connectivity index (χ0) is 15.9. The van der Waals surface area contributed by atoms with Gasteiger partial charge >= 0.3 is 0 Å². The fraction of sp³-hybridized carbons (Fsp3) is 0.647. The van der Waals surface area contributed by atoms with Crippen LogP contribution in [0.15, 0.2) is 18.3 Å². The first-order chi connectivity index (χ1) is 10.6. The van der Waals surface area contributed by atoms with Crippen LogP contribution in [0.5, 0.6) is 5.88 Å². The molecule has 0 radical (unpaired) electrons. The standard InChI is InChI=1S/C17H27N3O2/c1-4-22-16-9-8-14(13-18-16)17(21)20(3)12-10-15-7-5-6-11-19(15)2/h8-9,13,15H,4-7,10-12H2,1-3H3. The molecule has 1 aromatic rings. The predicted octanol–water partition coefficient (Wildman–Crippen LogP) is 2.43. The molecule has 5 heteroatoms. The van der Waals surface area contributed by atoms with E-state index in [2.05, 4.69) is 16.9 Å². The van der Waals surface area contributed by atoms with Crippen molar-refractivity contribution < 1.29 is 9.53 Å². The van der Waals surface area contributed by atoms with E-state index in [0.717, 1.165) is 13.0 Å². The summed E-state index contributed by atoms with van der Waals surface area (Å²) < 4.78 is 5.30. The molecular formula is C17H27N3O2. The van der Waals surface area contributed by atoms with Crippen LogP contribution in [0.3, 0.4) is 0 Å². The first kappa shape index (κ1) is 16.7. The van der Waals surface area contributed by atoms with Crippen LogP contribution in [0.2, 0.25) is 0 Å². The second-order valence-corrected chi connectivity index (χ2v) is 5.96. The average molecular weight is 305 g/mol. The first-order valence-corrected chi connectivity index (χ1v) is 8.16. The third-order valence-electron chi connectivity index (χ3n) is 4.34. The van der Waals surface area contributed by atoms with E-state index in [0.29, 0.717) is 24.1 Å². The smallest absolute Gasteiger partial charge is 0.255 e. The van der Waals surface area contributed by atoms with Crippen molar-refractivity contribution in [2.45, 2.75) is 38.6 Å². The Bertz CT molecular complexity index is 475. The highest BCUT2D eigenvalue weighted by Gasteiger charge is 2.20. The SMILES string of the molecule is CCOc1ccc(C(=O)N(C)CCC2CCCCN2C)cn1. The van der Waals surface area contributed by atoms with Gasteiger partial charge in [0.25, 0.3) is 5.91 Å². The summed E-state index contributed by atoms with van der Waals surface area (Å²) in [5, 5.41) is 0. The van der Waals surface area contributed by atoms with Gasteiger partial charge in [0, 0.05) is 31.9 Å². The molecule has 2 rings (SSSR count). The van der Waals surface area contributed by atoms with Crippen molar-refractivity contribution in [2.24, 2.45) is 0 Å². The molecule has 122 valence electrons. The number of aromatic nitrogens is 1. The maximum atomic E-state index is 12.4. The molecule has 1 atom stereocenters. The van der Waals surface area contributed by atoms with E-state index in [1.807, 2.05) is 14.0 Å². The molecule has 2 heterocycles. The van der Waals surface area contributed by atoms with Gasteiger partial charge in [0.15, 0.2) is 0 Å². The van der Waals surface area contributed by atoms with E-state index in [4.69, 9.17) is 4.74 Å². The molecule has 0 saturated carbocycles. The van der Waals surface area contributed by atoms with Gasteiger partial charge in [-0.3, -0.25) is 4.79 Å². The normalized spacial score (nSPS) is 19.0. The maximum absolute atomic E-state index is 12.4. The number of hydrogen-bond donors (Lipinski definition) is 0. The number of amides is 1. The van der Waals surface area contributed by atoms with E-state index in [9.17, 15) is 4.79 Å². The van der Waals surface area contributed by atoms with Crippen LogP contribution in [0.1, 0.15) is 43.0 Å². The third kappa shape index (κ3) is 4.44. The fourth-order valence-corrected chi connectivity index (χ4v) is 2.91. The first-order valence-electron chi connectivity index (χ1n) is 8.16. The Morgan fingerprint density at radius 1 is 1.45 bits per heavy atom. The summed E-state index contributed by atoms with van der Waals surface area (Å²) in [7, 11) is 4.05. The average Bonchev–Trinajstić information content (AvgIpc) is 2.54. The Labute approximate surface area is 133 Å². The fourth-order valence-electron chi connectivity index (χ4n) is 2.91. The quantitative estimate of drug-likeness (QED) is 0.810. The lowest BCUT2D eigenvalue weighted by Crippen LogP contribution is -2.39. The van der Waals surface area contributed by atoms with Crippen molar-refractivity contribution in [2.75, 3.05) is 33.8 Å². The molecule has 0 N–H and O–H groups in total. The van der Waals surface area contributed by atoms with Crippen molar-refractivity contribution in [1.82, 2.24) is 14.8 Å². The predicted molar refractivity (Wildman–Crippen MR) is 87.3 cm³/mol. The number of carbonyl (C=O) groups is 1. The number of piperidine rings is 1. The minimum absolute atomic E-state index is 0.0222. The summed E-state index contributed by atoms with van der Waals surface area (Å²) in [5.74, 6) is 0.583.